The highest BCUT2D eigenvalue weighted by Crippen LogP contribution is 2.34. The first-order valence-electron chi connectivity index (χ1n) is 10.2. The number of hydrogen-bond acceptors (Lipinski definition) is 4. The Hall–Kier alpha value is -2.14. The minimum Gasteiger partial charge on any atom is -0.494 e. The summed E-state index contributed by atoms with van der Waals surface area (Å²) in [4.78, 5) is 17.9. The van der Waals surface area contributed by atoms with Crippen LogP contribution in [0.2, 0.25) is 0 Å². The van der Waals surface area contributed by atoms with Crippen molar-refractivity contribution in [1.82, 2.24) is 4.98 Å². The van der Waals surface area contributed by atoms with Crippen LogP contribution in [0.4, 0.5) is 5.69 Å². The predicted octanol–water partition coefficient (Wildman–Crippen LogP) is 5.44. The van der Waals surface area contributed by atoms with Crippen LogP contribution in [-0.2, 0) is 9.53 Å². The zero-order chi connectivity index (χ0) is 20.7. The molecule has 1 heterocycles. The van der Waals surface area contributed by atoms with Gasteiger partial charge in [-0.25, -0.2) is 0 Å². The molecule has 0 aliphatic heterocycles. The quantitative estimate of drug-likeness (QED) is 0.591. The molecule has 0 fully saturated rings. The van der Waals surface area contributed by atoms with Gasteiger partial charge in [0.1, 0.15) is 16.9 Å². The first-order valence-corrected chi connectivity index (χ1v) is 10.2. The second kappa shape index (κ2) is 9.87. The molecule has 0 aliphatic carbocycles. The van der Waals surface area contributed by atoms with Gasteiger partial charge in [-0.15, -0.1) is 0 Å². The van der Waals surface area contributed by atoms with E-state index in [1.807, 2.05) is 24.3 Å². The predicted molar refractivity (Wildman–Crippen MR) is 115 cm³/mol. The van der Waals surface area contributed by atoms with Crippen molar-refractivity contribution in [1.29, 1.82) is 0 Å². The SMILES string of the molecule is CCCOC(CC(C)C)(CC(C)C)C(=O)Nc1ccc(OC)c2ncccc12. The lowest BCUT2D eigenvalue weighted by Crippen LogP contribution is -2.48. The van der Waals surface area contributed by atoms with Gasteiger partial charge in [-0.2, -0.15) is 0 Å². The van der Waals surface area contributed by atoms with Crippen LogP contribution in [0.1, 0.15) is 53.9 Å². The highest BCUT2D eigenvalue weighted by atomic mass is 16.5. The number of hydrogen-bond donors (Lipinski definition) is 1. The van der Waals surface area contributed by atoms with Crippen LogP contribution in [0.5, 0.6) is 5.75 Å². The maximum atomic E-state index is 13.5. The van der Waals surface area contributed by atoms with Gasteiger partial charge >= 0.3 is 0 Å². The topological polar surface area (TPSA) is 60.5 Å². The molecule has 0 bridgehead atoms. The third kappa shape index (κ3) is 5.22. The van der Waals surface area contributed by atoms with Gasteiger partial charge in [0.2, 0.25) is 0 Å². The van der Waals surface area contributed by atoms with E-state index in [4.69, 9.17) is 9.47 Å². The summed E-state index contributed by atoms with van der Waals surface area (Å²) in [7, 11) is 1.62. The van der Waals surface area contributed by atoms with E-state index in [1.54, 1.807) is 13.3 Å². The average molecular weight is 387 g/mol. The van der Waals surface area contributed by atoms with Crippen molar-refractivity contribution >= 4 is 22.5 Å². The molecular formula is C23H34N2O3. The largest absolute Gasteiger partial charge is 0.494 e. The highest BCUT2D eigenvalue weighted by molar-refractivity contribution is 6.05. The van der Waals surface area contributed by atoms with Crippen molar-refractivity contribution in [2.75, 3.05) is 19.0 Å². The fraction of sp³-hybridized carbons (Fsp3) is 0.565. The number of pyridine rings is 1. The third-order valence-electron chi connectivity index (χ3n) is 4.67. The van der Waals surface area contributed by atoms with Gasteiger partial charge in [-0.1, -0.05) is 34.6 Å². The van der Waals surface area contributed by atoms with Crippen LogP contribution in [0.25, 0.3) is 10.9 Å². The first kappa shape index (κ1) is 22.2. The number of ether oxygens (including phenoxy) is 2. The van der Waals surface area contributed by atoms with E-state index >= 15 is 0 Å². The van der Waals surface area contributed by atoms with Crippen LogP contribution in [0.15, 0.2) is 30.5 Å². The summed E-state index contributed by atoms with van der Waals surface area (Å²) >= 11 is 0. The molecule has 1 aromatic heterocycles. The number of anilines is 1. The van der Waals surface area contributed by atoms with E-state index in [0.717, 1.165) is 23.0 Å². The van der Waals surface area contributed by atoms with Crippen molar-refractivity contribution in [3.8, 4) is 5.75 Å². The van der Waals surface area contributed by atoms with Crippen LogP contribution in [0.3, 0.4) is 0 Å². The van der Waals surface area contributed by atoms with Gasteiger partial charge in [0.15, 0.2) is 0 Å². The molecule has 2 rings (SSSR count). The average Bonchev–Trinajstić information content (AvgIpc) is 2.65. The lowest BCUT2D eigenvalue weighted by Gasteiger charge is -2.35. The van der Waals surface area contributed by atoms with E-state index in [0.29, 0.717) is 37.0 Å². The van der Waals surface area contributed by atoms with Crippen molar-refractivity contribution in [3.63, 3.8) is 0 Å². The molecule has 2 aromatic rings. The number of nitrogens with zero attached hydrogens (tertiary/aromatic N) is 1. The molecule has 0 radical (unpaired) electrons. The van der Waals surface area contributed by atoms with Crippen LogP contribution >= 0.6 is 0 Å². The van der Waals surface area contributed by atoms with Gasteiger partial charge in [0.05, 0.1) is 12.8 Å². The van der Waals surface area contributed by atoms with Crippen LogP contribution in [0, 0.1) is 11.8 Å². The lowest BCUT2D eigenvalue weighted by atomic mass is 9.83. The standard InChI is InChI=1S/C23H34N2O3/c1-7-13-28-23(14-16(2)3,15-17(4)5)22(26)25-19-10-11-20(27-6)21-18(19)9-8-12-24-21/h8-12,16-17H,7,13-15H2,1-6H3,(H,25,26). The lowest BCUT2D eigenvalue weighted by molar-refractivity contribution is -0.147. The maximum absolute atomic E-state index is 13.5. The van der Waals surface area contributed by atoms with Gasteiger partial charge in [0, 0.05) is 18.2 Å². The van der Waals surface area contributed by atoms with E-state index < -0.39 is 5.60 Å². The summed E-state index contributed by atoms with van der Waals surface area (Å²) in [6.45, 7) is 11.2. The number of benzene rings is 1. The molecule has 1 aromatic carbocycles. The molecule has 154 valence electrons. The van der Waals surface area contributed by atoms with Crippen molar-refractivity contribution in [3.05, 3.63) is 30.5 Å². The molecule has 0 saturated heterocycles. The molecule has 0 spiro atoms. The van der Waals surface area contributed by atoms with Gasteiger partial charge < -0.3 is 14.8 Å². The van der Waals surface area contributed by atoms with Crippen molar-refractivity contribution in [2.24, 2.45) is 11.8 Å². The molecule has 0 atom stereocenters. The Morgan fingerprint density at radius 3 is 2.39 bits per heavy atom. The molecule has 0 aliphatic rings. The fourth-order valence-corrected chi connectivity index (χ4v) is 3.73. The molecule has 1 amide bonds. The van der Waals surface area contributed by atoms with Gasteiger partial charge in [0.25, 0.3) is 5.91 Å². The molecule has 28 heavy (non-hydrogen) atoms. The number of methoxy groups -OCH3 is 1. The number of carbonyl (C=O) groups is 1. The summed E-state index contributed by atoms with van der Waals surface area (Å²) in [5, 5.41) is 3.99. The molecular weight excluding hydrogens is 352 g/mol. The number of fused-ring (bicyclic) bond motifs is 1. The molecule has 0 saturated carbocycles. The molecule has 0 unspecified atom stereocenters. The smallest absolute Gasteiger partial charge is 0.256 e. The van der Waals surface area contributed by atoms with Crippen LogP contribution in [-0.4, -0.2) is 30.2 Å². The highest BCUT2D eigenvalue weighted by Gasteiger charge is 2.40. The Labute approximate surface area is 168 Å². The van der Waals surface area contributed by atoms with Gasteiger partial charge in [-0.3, -0.25) is 9.78 Å². The molecule has 5 nitrogen and oxygen atoms in total. The number of rotatable bonds is 10. The minimum atomic E-state index is -0.840. The van der Waals surface area contributed by atoms with Crippen LogP contribution < -0.4 is 10.1 Å². The Morgan fingerprint density at radius 2 is 1.82 bits per heavy atom. The maximum Gasteiger partial charge on any atom is 0.256 e. The Morgan fingerprint density at radius 1 is 1.14 bits per heavy atom. The number of amides is 1. The first-order chi connectivity index (χ1) is 13.3. The summed E-state index contributed by atoms with van der Waals surface area (Å²) in [6, 6.07) is 7.51. The number of carbonyl (C=O) groups excluding carboxylic acids is 1. The van der Waals surface area contributed by atoms with Crippen molar-refractivity contribution in [2.45, 2.75) is 59.5 Å². The molecule has 1 N–H and O–H groups in total. The van der Waals surface area contributed by atoms with E-state index in [2.05, 4.69) is 44.9 Å². The zero-order valence-corrected chi connectivity index (χ0v) is 18.0. The summed E-state index contributed by atoms with van der Waals surface area (Å²) < 4.78 is 11.7. The summed E-state index contributed by atoms with van der Waals surface area (Å²) in [6.07, 6.45) is 3.97. The monoisotopic (exact) mass is 386 g/mol. The summed E-state index contributed by atoms with van der Waals surface area (Å²) in [5.74, 6) is 1.29. The fourth-order valence-electron chi connectivity index (χ4n) is 3.73. The Balaban J connectivity index is 2.43. The van der Waals surface area contributed by atoms with Gasteiger partial charge in [-0.05, 0) is 55.4 Å². The number of nitrogens with one attached hydrogen (secondary N) is 1. The minimum absolute atomic E-state index is 0.0846. The summed E-state index contributed by atoms with van der Waals surface area (Å²) in [5.41, 5.74) is 0.619. The second-order valence-corrected chi connectivity index (χ2v) is 8.21. The normalized spacial score (nSPS) is 12.0. The van der Waals surface area contributed by atoms with E-state index in [9.17, 15) is 4.79 Å². The van der Waals surface area contributed by atoms with E-state index in [-0.39, 0.29) is 5.91 Å². The Kier molecular flexibility index (Phi) is 7.81. The molecule has 5 heteroatoms. The number of aromatic nitrogens is 1. The van der Waals surface area contributed by atoms with E-state index in [1.165, 1.54) is 0 Å². The zero-order valence-electron chi connectivity index (χ0n) is 18.0. The second-order valence-electron chi connectivity index (χ2n) is 8.21. The Bertz CT molecular complexity index is 777. The third-order valence-corrected chi connectivity index (χ3v) is 4.67. The van der Waals surface area contributed by atoms with Crippen molar-refractivity contribution < 1.29 is 14.3 Å².